The van der Waals surface area contributed by atoms with E-state index in [0.717, 1.165) is 49.2 Å². The summed E-state index contributed by atoms with van der Waals surface area (Å²) in [5, 5.41) is 1.04. The van der Waals surface area contributed by atoms with Gasteiger partial charge in [0.05, 0.1) is 18.0 Å². The standard InChI is InChI=1S/C17H18N6O/c24-16-2-6-19-12-23(16)10-13-3-7-22(8-4-13)17-14-1-5-18-9-15(14)20-11-21-17/h1-2,5-6,9,11-13H,3-4,7-8,10H2. The van der Waals surface area contributed by atoms with Crippen LogP contribution < -0.4 is 10.5 Å². The largest absolute Gasteiger partial charge is 0.356 e. The lowest BCUT2D eigenvalue weighted by Gasteiger charge is -2.33. The van der Waals surface area contributed by atoms with Gasteiger partial charge in [0, 0.05) is 43.5 Å². The van der Waals surface area contributed by atoms with Crippen LogP contribution in [0.5, 0.6) is 0 Å². The maximum Gasteiger partial charge on any atom is 0.253 e. The van der Waals surface area contributed by atoms with Crippen molar-refractivity contribution in [2.45, 2.75) is 19.4 Å². The minimum Gasteiger partial charge on any atom is -0.356 e. The Hall–Kier alpha value is -2.83. The molecule has 0 atom stereocenters. The van der Waals surface area contributed by atoms with E-state index in [2.05, 4.69) is 24.8 Å². The summed E-state index contributed by atoms with van der Waals surface area (Å²) in [6, 6.07) is 3.47. The second kappa shape index (κ2) is 6.35. The van der Waals surface area contributed by atoms with Crippen LogP contribution in [0.4, 0.5) is 5.82 Å². The van der Waals surface area contributed by atoms with Crippen LogP contribution >= 0.6 is 0 Å². The highest BCUT2D eigenvalue weighted by Crippen LogP contribution is 2.27. The molecule has 0 bridgehead atoms. The minimum atomic E-state index is 0.0155. The molecule has 3 aromatic heterocycles. The molecule has 3 aromatic rings. The van der Waals surface area contributed by atoms with Gasteiger partial charge in [0.1, 0.15) is 12.1 Å². The zero-order valence-corrected chi connectivity index (χ0v) is 13.2. The molecule has 1 aliphatic heterocycles. The van der Waals surface area contributed by atoms with Gasteiger partial charge in [0.15, 0.2) is 0 Å². The van der Waals surface area contributed by atoms with E-state index in [4.69, 9.17) is 0 Å². The Morgan fingerprint density at radius 2 is 1.92 bits per heavy atom. The average Bonchev–Trinajstić information content (AvgIpc) is 2.64. The SMILES string of the molecule is O=c1ccncn1CC1CCN(c2ncnc3cnccc23)CC1. The Kier molecular flexibility index (Phi) is 3.90. The van der Waals surface area contributed by atoms with Crippen molar-refractivity contribution in [3.05, 3.63) is 53.7 Å². The number of hydrogen-bond donors (Lipinski definition) is 0. The molecule has 0 radical (unpaired) electrons. The number of pyridine rings is 1. The summed E-state index contributed by atoms with van der Waals surface area (Å²) in [6.45, 7) is 2.58. The van der Waals surface area contributed by atoms with E-state index in [-0.39, 0.29) is 5.56 Å². The first-order valence-corrected chi connectivity index (χ1v) is 8.11. The molecule has 4 heterocycles. The Bertz CT molecular complexity index is 895. The van der Waals surface area contributed by atoms with Gasteiger partial charge in [0.25, 0.3) is 5.56 Å². The molecular weight excluding hydrogens is 304 g/mol. The van der Waals surface area contributed by atoms with Gasteiger partial charge in [-0.15, -0.1) is 0 Å². The summed E-state index contributed by atoms with van der Waals surface area (Å²) in [4.78, 5) is 31.0. The van der Waals surface area contributed by atoms with Crippen molar-refractivity contribution in [2.24, 2.45) is 5.92 Å². The second-order valence-electron chi connectivity index (χ2n) is 6.09. The van der Waals surface area contributed by atoms with E-state index < -0.39 is 0 Å². The molecule has 4 rings (SSSR count). The third-order valence-electron chi connectivity index (χ3n) is 4.58. The van der Waals surface area contributed by atoms with E-state index in [1.807, 2.05) is 6.07 Å². The third kappa shape index (κ3) is 2.84. The van der Waals surface area contributed by atoms with E-state index in [9.17, 15) is 4.79 Å². The molecule has 1 saturated heterocycles. The fourth-order valence-electron chi connectivity index (χ4n) is 3.27. The van der Waals surface area contributed by atoms with Crippen LogP contribution in [0, 0.1) is 5.92 Å². The molecule has 1 aliphatic rings. The zero-order valence-electron chi connectivity index (χ0n) is 13.2. The third-order valence-corrected chi connectivity index (χ3v) is 4.58. The van der Waals surface area contributed by atoms with Gasteiger partial charge in [-0.3, -0.25) is 14.3 Å². The van der Waals surface area contributed by atoms with E-state index >= 15 is 0 Å². The monoisotopic (exact) mass is 322 g/mol. The molecule has 7 heteroatoms. The van der Waals surface area contributed by atoms with Gasteiger partial charge >= 0.3 is 0 Å². The predicted molar refractivity (Wildman–Crippen MR) is 90.8 cm³/mol. The first kappa shape index (κ1) is 14.7. The number of fused-ring (bicyclic) bond motifs is 1. The van der Waals surface area contributed by atoms with E-state index in [0.29, 0.717) is 5.92 Å². The van der Waals surface area contributed by atoms with Crippen LogP contribution in [-0.2, 0) is 6.54 Å². The molecule has 0 amide bonds. The van der Waals surface area contributed by atoms with Crippen LogP contribution in [0.3, 0.4) is 0 Å². The number of aromatic nitrogens is 5. The molecule has 7 nitrogen and oxygen atoms in total. The Morgan fingerprint density at radius 3 is 2.75 bits per heavy atom. The van der Waals surface area contributed by atoms with Crippen LogP contribution in [-0.4, -0.2) is 37.6 Å². The predicted octanol–water partition coefficient (Wildman–Crippen LogP) is 1.50. The summed E-state index contributed by atoms with van der Waals surface area (Å²) in [7, 11) is 0. The van der Waals surface area contributed by atoms with Gasteiger partial charge in [-0.1, -0.05) is 0 Å². The average molecular weight is 322 g/mol. The number of piperidine rings is 1. The summed E-state index contributed by atoms with van der Waals surface area (Å²) in [6.07, 6.45) is 10.4. The lowest BCUT2D eigenvalue weighted by atomic mass is 9.96. The van der Waals surface area contributed by atoms with Crippen LogP contribution in [0.2, 0.25) is 0 Å². The van der Waals surface area contributed by atoms with Gasteiger partial charge < -0.3 is 4.90 Å². The summed E-state index contributed by atoms with van der Waals surface area (Å²) in [5.41, 5.74) is 0.883. The maximum atomic E-state index is 11.8. The fraction of sp³-hybridized carbons (Fsp3) is 0.353. The quantitative estimate of drug-likeness (QED) is 0.727. The lowest BCUT2D eigenvalue weighted by molar-refractivity contribution is 0.350. The second-order valence-corrected chi connectivity index (χ2v) is 6.09. The molecule has 0 aliphatic carbocycles. The van der Waals surface area contributed by atoms with Gasteiger partial charge in [-0.05, 0) is 24.8 Å². The fourth-order valence-corrected chi connectivity index (χ4v) is 3.27. The number of hydrogen-bond acceptors (Lipinski definition) is 6. The van der Waals surface area contributed by atoms with E-state index in [1.165, 1.54) is 12.3 Å². The lowest BCUT2D eigenvalue weighted by Crippen LogP contribution is -2.36. The van der Waals surface area contributed by atoms with Crippen molar-refractivity contribution in [3.8, 4) is 0 Å². The van der Waals surface area contributed by atoms with Gasteiger partial charge in [0.2, 0.25) is 0 Å². The molecule has 0 unspecified atom stereocenters. The Balaban J connectivity index is 1.48. The molecule has 0 N–H and O–H groups in total. The highest BCUT2D eigenvalue weighted by molar-refractivity contribution is 5.88. The number of nitrogens with zero attached hydrogens (tertiary/aromatic N) is 6. The molecule has 0 spiro atoms. The number of anilines is 1. The molecule has 122 valence electrons. The Morgan fingerprint density at radius 1 is 1.08 bits per heavy atom. The van der Waals surface area contributed by atoms with Gasteiger partial charge in [-0.2, -0.15) is 0 Å². The maximum absolute atomic E-state index is 11.8. The van der Waals surface area contributed by atoms with Crippen molar-refractivity contribution in [3.63, 3.8) is 0 Å². The van der Waals surface area contributed by atoms with Crippen molar-refractivity contribution in [1.29, 1.82) is 0 Å². The Labute approximate surface area is 139 Å². The van der Waals surface area contributed by atoms with Crippen molar-refractivity contribution >= 4 is 16.7 Å². The zero-order chi connectivity index (χ0) is 16.4. The summed E-state index contributed by atoms with van der Waals surface area (Å²) < 4.78 is 1.70. The van der Waals surface area contributed by atoms with Crippen LogP contribution in [0.15, 0.2) is 48.2 Å². The van der Waals surface area contributed by atoms with Crippen molar-refractivity contribution in [1.82, 2.24) is 24.5 Å². The van der Waals surface area contributed by atoms with Crippen LogP contribution in [0.25, 0.3) is 10.9 Å². The minimum absolute atomic E-state index is 0.0155. The topological polar surface area (TPSA) is 76.8 Å². The van der Waals surface area contributed by atoms with Crippen molar-refractivity contribution in [2.75, 3.05) is 18.0 Å². The first-order valence-electron chi connectivity index (χ1n) is 8.11. The summed E-state index contributed by atoms with van der Waals surface area (Å²) in [5.74, 6) is 1.46. The summed E-state index contributed by atoms with van der Waals surface area (Å²) >= 11 is 0. The number of rotatable bonds is 3. The molecule has 1 fully saturated rings. The highest BCUT2D eigenvalue weighted by atomic mass is 16.1. The molecule has 24 heavy (non-hydrogen) atoms. The van der Waals surface area contributed by atoms with E-state index in [1.54, 1.807) is 29.6 Å². The van der Waals surface area contributed by atoms with Crippen LogP contribution in [0.1, 0.15) is 12.8 Å². The normalized spacial score (nSPS) is 15.8. The smallest absolute Gasteiger partial charge is 0.253 e. The molecule has 0 saturated carbocycles. The highest BCUT2D eigenvalue weighted by Gasteiger charge is 2.22. The van der Waals surface area contributed by atoms with Crippen molar-refractivity contribution < 1.29 is 0 Å². The van der Waals surface area contributed by atoms with Gasteiger partial charge in [-0.25, -0.2) is 15.0 Å². The first-order chi connectivity index (χ1) is 11.8. The molecular formula is C17H18N6O. The molecule has 0 aromatic carbocycles.